The highest BCUT2D eigenvalue weighted by Gasteiger charge is 2.24. The van der Waals surface area contributed by atoms with E-state index in [1.54, 1.807) is 12.3 Å². The molecule has 2 aliphatic rings. The van der Waals surface area contributed by atoms with E-state index in [-0.39, 0.29) is 5.91 Å². The van der Waals surface area contributed by atoms with Crippen molar-refractivity contribution in [1.82, 2.24) is 14.9 Å². The van der Waals surface area contributed by atoms with E-state index in [9.17, 15) is 4.79 Å². The van der Waals surface area contributed by atoms with Crippen molar-refractivity contribution in [3.8, 4) is 0 Å². The molecule has 1 aromatic carbocycles. The van der Waals surface area contributed by atoms with Gasteiger partial charge in [0.2, 0.25) is 5.95 Å². The second kappa shape index (κ2) is 7.55. The quantitative estimate of drug-likeness (QED) is 0.837. The summed E-state index contributed by atoms with van der Waals surface area (Å²) in [6, 6.07) is 8.22. The molecule has 142 valence electrons. The van der Waals surface area contributed by atoms with Gasteiger partial charge in [0.05, 0.1) is 0 Å². The standard InChI is InChI=1S/C21H27N5O/c1-16-6-5-7-19(17(16)2)24-12-14-26(15-13-24)21-22-9-8-18(23-21)20(27)25-10-3-4-11-25/h5-9H,3-4,10-15H2,1-2H3. The van der Waals surface area contributed by atoms with E-state index in [4.69, 9.17) is 0 Å². The van der Waals surface area contributed by atoms with Crippen LogP contribution in [-0.2, 0) is 0 Å². The summed E-state index contributed by atoms with van der Waals surface area (Å²) < 4.78 is 0. The van der Waals surface area contributed by atoms with Crippen LogP contribution in [-0.4, -0.2) is 60.0 Å². The van der Waals surface area contributed by atoms with Crippen LogP contribution < -0.4 is 9.80 Å². The van der Waals surface area contributed by atoms with Gasteiger partial charge in [0.1, 0.15) is 5.69 Å². The SMILES string of the molecule is Cc1cccc(N2CCN(c3nccc(C(=O)N4CCCC4)n3)CC2)c1C. The second-order valence-corrected chi connectivity index (χ2v) is 7.43. The lowest BCUT2D eigenvalue weighted by molar-refractivity contribution is 0.0787. The van der Waals surface area contributed by atoms with Crippen molar-refractivity contribution in [3.63, 3.8) is 0 Å². The summed E-state index contributed by atoms with van der Waals surface area (Å²) >= 11 is 0. The summed E-state index contributed by atoms with van der Waals surface area (Å²) in [5.41, 5.74) is 4.50. The monoisotopic (exact) mass is 365 g/mol. The number of carbonyl (C=O) groups is 1. The normalized spacial score (nSPS) is 17.5. The molecule has 0 bridgehead atoms. The van der Waals surface area contributed by atoms with Gasteiger partial charge in [-0.05, 0) is 49.9 Å². The van der Waals surface area contributed by atoms with Gasteiger partial charge in [-0.25, -0.2) is 9.97 Å². The Kier molecular flexibility index (Phi) is 4.97. The number of rotatable bonds is 3. The van der Waals surface area contributed by atoms with Gasteiger partial charge in [0, 0.05) is 51.2 Å². The lowest BCUT2D eigenvalue weighted by Crippen LogP contribution is -2.47. The van der Waals surface area contributed by atoms with Gasteiger partial charge in [0.15, 0.2) is 0 Å². The molecule has 3 heterocycles. The minimum Gasteiger partial charge on any atom is -0.368 e. The van der Waals surface area contributed by atoms with E-state index in [0.717, 1.165) is 52.1 Å². The second-order valence-electron chi connectivity index (χ2n) is 7.43. The van der Waals surface area contributed by atoms with Gasteiger partial charge in [-0.15, -0.1) is 0 Å². The Hall–Kier alpha value is -2.63. The molecule has 27 heavy (non-hydrogen) atoms. The average Bonchev–Trinajstić information content (AvgIpc) is 3.25. The third-order valence-electron chi connectivity index (χ3n) is 5.73. The minimum atomic E-state index is 0.0326. The first kappa shape index (κ1) is 17.8. The number of aryl methyl sites for hydroxylation is 1. The van der Waals surface area contributed by atoms with E-state index in [1.807, 2.05) is 4.90 Å². The number of hydrogen-bond acceptors (Lipinski definition) is 5. The summed E-state index contributed by atoms with van der Waals surface area (Å²) in [6.45, 7) is 9.60. The Balaban J connectivity index is 1.44. The number of amides is 1. The molecule has 0 aliphatic carbocycles. The molecule has 2 aliphatic heterocycles. The number of likely N-dealkylation sites (tertiary alicyclic amines) is 1. The van der Waals surface area contributed by atoms with Crippen LogP contribution in [0, 0.1) is 13.8 Å². The Bertz CT molecular complexity index is 823. The summed E-state index contributed by atoms with van der Waals surface area (Å²) in [6.07, 6.45) is 3.89. The first-order valence-electron chi connectivity index (χ1n) is 9.82. The number of hydrogen-bond donors (Lipinski definition) is 0. The van der Waals surface area contributed by atoms with Gasteiger partial charge in [-0.2, -0.15) is 0 Å². The smallest absolute Gasteiger partial charge is 0.272 e. The van der Waals surface area contributed by atoms with E-state index < -0.39 is 0 Å². The van der Waals surface area contributed by atoms with Crippen molar-refractivity contribution in [3.05, 3.63) is 47.3 Å². The van der Waals surface area contributed by atoms with Crippen molar-refractivity contribution in [1.29, 1.82) is 0 Å². The van der Waals surface area contributed by atoms with Gasteiger partial charge < -0.3 is 14.7 Å². The van der Waals surface area contributed by atoms with Crippen LogP contribution in [0.2, 0.25) is 0 Å². The Morgan fingerprint density at radius 3 is 2.37 bits per heavy atom. The maximum atomic E-state index is 12.6. The van der Waals surface area contributed by atoms with Gasteiger partial charge in [-0.1, -0.05) is 12.1 Å². The molecule has 2 aromatic rings. The van der Waals surface area contributed by atoms with E-state index >= 15 is 0 Å². The number of piperazine rings is 1. The molecule has 2 fully saturated rings. The Morgan fingerprint density at radius 2 is 1.63 bits per heavy atom. The molecule has 0 N–H and O–H groups in total. The van der Waals surface area contributed by atoms with Gasteiger partial charge in [-0.3, -0.25) is 4.79 Å². The predicted octanol–water partition coefficient (Wildman–Crippen LogP) is 2.66. The Labute approximate surface area is 160 Å². The van der Waals surface area contributed by atoms with Crippen molar-refractivity contribution in [2.24, 2.45) is 0 Å². The van der Waals surface area contributed by atoms with E-state index in [2.05, 4.69) is 51.8 Å². The van der Waals surface area contributed by atoms with E-state index in [0.29, 0.717) is 11.6 Å². The fraction of sp³-hybridized carbons (Fsp3) is 0.476. The highest BCUT2D eigenvalue weighted by molar-refractivity contribution is 5.92. The van der Waals surface area contributed by atoms with Gasteiger partial charge >= 0.3 is 0 Å². The van der Waals surface area contributed by atoms with Crippen LogP contribution >= 0.6 is 0 Å². The van der Waals surface area contributed by atoms with Crippen molar-refractivity contribution >= 4 is 17.5 Å². The fourth-order valence-electron chi connectivity index (χ4n) is 3.93. The van der Waals surface area contributed by atoms with Crippen LogP contribution in [0.4, 0.5) is 11.6 Å². The van der Waals surface area contributed by atoms with E-state index in [1.165, 1.54) is 16.8 Å². The van der Waals surface area contributed by atoms with Crippen molar-refractivity contribution < 1.29 is 4.79 Å². The lowest BCUT2D eigenvalue weighted by Gasteiger charge is -2.37. The molecule has 1 aromatic heterocycles. The summed E-state index contributed by atoms with van der Waals surface area (Å²) in [4.78, 5) is 28.1. The fourth-order valence-corrected chi connectivity index (χ4v) is 3.93. The molecule has 0 saturated carbocycles. The molecule has 0 radical (unpaired) electrons. The topological polar surface area (TPSA) is 52.6 Å². The van der Waals surface area contributed by atoms with Gasteiger partial charge in [0.25, 0.3) is 5.91 Å². The number of aromatic nitrogens is 2. The van der Waals surface area contributed by atoms with Crippen LogP contribution in [0.5, 0.6) is 0 Å². The van der Waals surface area contributed by atoms with Crippen LogP contribution in [0.1, 0.15) is 34.5 Å². The minimum absolute atomic E-state index is 0.0326. The molecule has 2 saturated heterocycles. The molecule has 0 unspecified atom stereocenters. The van der Waals surface area contributed by atoms with Crippen LogP contribution in [0.15, 0.2) is 30.5 Å². The third-order valence-corrected chi connectivity index (χ3v) is 5.73. The van der Waals surface area contributed by atoms with Crippen LogP contribution in [0.25, 0.3) is 0 Å². The number of benzene rings is 1. The highest BCUT2D eigenvalue weighted by atomic mass is 16.2. The summed E-state index contributed by atoms with van der Waals surface area (Å²) in [5.74, 6) is 0.700. The predicted molar refractivity (Wildman–Crippen MR) is 108 cm³/mol. The van der Waals surface area contributed by atoms with Crippen LogP contribution in [0.3, 0.4) is 0 Å². The number of nitrogens with zero attached hydrogens (tertiary/aromatic N) is 5. The van der Waals surface area contributed by atoms with Crippen molar-refractivity contribution in [2.75, 3.05) is 49.1 Å². The maximum Gasteiger partial charge on any atom is 0.272 e. The molecular weight excluding hydrogens is 338 g/mol. The highest BCUT2D eigenvalue weighted by Crippen LogP contribution is 2.24. The summed E-state index contributed by atoms with van der Waals surface area (Å²) in [7, 11) is 0. The molecule has 0 spiro atoms. The first-order valence-corrected chi connectivity index (χ1v) is 9.82. The molecule has 6 heteroatoms. The number of carbonyl (C=O) groups excluding carboxylic acids is 1. The molecule has 6 nitrogen and oxygen atoms in total. The summed E-state index contributed by atoms with van der Waals surface area (Å²) in [5, 5.41) is 0. The Morgan fingerprint density at radius 1 is 0.926 bits per heavy atom. The number of anilines is 2. The molecule has 1 amide bonds. The molecule has 0 atom stereocenters. The zero-order valence-electron chi connectivity index (χ0n) is 16.2. The average molecular weight is 365 g/mol. The molecular formula is C21H27N5O. The largest absolute Gasteiger partial charge is 0.368 e. The third kappa shape index (κ3) is 3.61. The molecule has 4 rings (SSSR count). The maximum absolute atomic E-state index is 12.6. The zero-order chi connectivity index (χ0) is 18.8. The zero-order valence-corrected chi connectivity index (χ0v) is 16.2. The van der Waals surface area contributed by atoms with Crippen molar-refractivity contribution in [2.45, 2.75) is 26.7 Å². The first-order chi connectivity index (χ1) is 13.1. The lowest BCUT2D eigenvalue weighted by atomic mass is 10.1.